The molecule has 0 nitrogen and oxygen atoms in total. The van der Waals surface area contributed by atoms with Gasteiger partial charge in [0.05, 0.1) is 0 Å². The molecule has 0 spiro atoms. The second-order valence-corrected chi connectivity index (χ2v) is 6.38. The first-order valence-corrected chi connectivity index (χ1v) is 5.65. The molecule has 0 saturated heterocycles. The van der Waals surface area contributed by atoms with E-state index in [-0.39, 0.29) is 10.7 Å². The lowest BCUT2D eigenvalue weighted by molar-refractivity contribution is 0.590. The van der Waals surface area contributed by atoms with Crippen LogP contribution in [-0.2, 0) is 5.41 Å². The second kappa shape index (κ2) is 4.04. The molecule has 1 radical (unpaired) electrons. The maximum Gasteiger partial charge on any atom is 0.157 e. The van der Waals surface area contributed by atoms with E-state index >= 15 is 0 Å². The minimum Gasteiger partial charge on any atom is -0.0872 e. The summed E-state index contributed by atoms with van der Waals surface area (Å²) < 4.78 is 0. The molecule has 0 amide bonds. The molecule has 0 atom stereocenters. The zero-order valence-corrected chi connectivity index (χ0v) is 10.9. The van der Waals surface area contributed by atoms with Crippen LogP contribution in [-0.4, -0.2) is 7.28 Å². The van der Waals surface area contributed by atoms with E-state index in [0.717, 1.165) is 0 Å². The van der Waals surface area contributed by atoms with Crippen LogP contribution in [0.25, 0.3) is 0 Å². The molecule has 0 aliphatic rings. The van der Waals surface area contributed by atoms with E-state index in [1.54, 1.807) is 0 Å². The van der Waals surface area contributed by atoms with Crippen LogP contribution < -0.4 is 5.46 Å². The first-order chi connectivity index (χ1) is 6.68. The van der Waals surface area contributed by atoms with Gasteiger partial charge in [-0.1, -0.05) is 76.6 Å². The van der Waals surface area contributed by atoms with Gasteiger partial charge in [-0.25, -0.2) is 0 Å². The van der Waals surface area contributed by atoms with Crippen molar-refractivity contribution in [3.8, 4) is 0 Å². The van der Waals surface area contributed by atoms with Crippen molar-refractivity contribution >= 4 is 12.7 Å². The molecule has 1 heteroatoms. The molecule has 0 N–H and O–H groups in total. The summed E-state index contributed by atoms with van der Waals surface area (Å²) in [6.07, 6.45) is 0. The predicted molar refractivity (Wildman–Crippen MR) is 70.2 cm³/mol. The maximum atomic E-state index is 2.30. The smallest absolute Gasteiger partial charge is 0.0872 e. The highest BCUT2D eigenvalue weighted by atomic mass is 14.2. The van der Waals surface area contributed by atoms with Crippen molar-refractivity contribution in [2.24, 2.45) is 0 Å². The number of hydrogen-bond donors (Lipinski definition) is 0. The van der Waals surface area contributed by atoms with E-state index in [9.17, 15) is 0 Å². The highest BCUT2D eigenvalue weighted by molar-refractivity contribution is 6.56. The van der Waals surface area contributed by atoms with E-state index in [2.05, 4.69) is 73.1 Å². The van der Waals surface area contributed by atoms with E-state index in [1.165, 1.54) is 11.0 Å². The van der Waals surface area contributed by atoms with Crippen LogP contribution >= 0.6 is 0 Å². The first kappa shape index (κ1) is 12.4. The molecule has 0 unspecified atom stereocenters. The Kier molecular flexibility index (Phi) is 3.33. The molecular weight excluding hydrogens is 179 g/mol. The Bertz CT molecular complexity index is 309. The average molecular weight is 201 g/mol. The number of hydrogen-bond acceptors (Lipinski definition) is 0. The third-order valence-corrected chi connectivity index (χ3v) is 2.38. The number of benzene rings is 1. The van der Waals surface area contributed by atoms with Gasteiger partial charge in [0.1, 0.15) is 0 Å². The van der Waals surface area contributed by atoms with Crippen LogP contribution in [0.4, 0.5) is 0 Å². The Labute approximate surface area is 95.3 Å². The fourth-order valence-electron chi connectivity index (χ4n) is 1.58. The summed E-state index contributed by atoms with van der Waals surface area (Å²) >= 11 is 0. The molecule has 1 aromatic carbocycles. The summed E-state index contributed by atoms with van der Waals surface area (Å²) in [6.45, 7) is 13.4. The highest BCUT2D eigenvalue weighted by Gasteiger charge is 2.15. The Balaban J connectivity index is 2.82. The summed E-state index contributed by atoms with van der Waals surface area (Å²) in [5.74, 6) is 0. The summed E-state index contributed by atoms with van der Waals surface area (Å²) in [5.41, 5.74) is 2.96. The Morgan fingerprint density at radius 1 is 0.800 bits per heavy atom. The normalized spacial score (nSPS) is 12.7. The fraction of sp³-hybridized carbons (Fsp3) is 0.571. The quantitative estimate of drug-likeness (QED) is 0.609. The lowest BCUT2D eigenvalue weighted by atomic mass is 9.51. The summed E-state index contributed by atoms with van der Waals surface area (Å²) in [6, 6.07) is 8.90. The molecule has 1 rings (SSSR count). The molecule has 81 valence electrons. The summed E-state index contributed by atoms with van der Waals surface area (Å²) in [5, 5.41) is 0.253. The topological polar surface area (TPSA) is 0 Å². The van der Waals surface area contributed by atoms with Gasteiger partial charge in [-0.15, -0.1) is 0 Å². The molecular formula is C14H22B. The van der Waals surface area contributed by atoms with Crippen LogP contribution in [0.5, 0.6) is 0 Å². The van der Waals surface area contributed by atoms with Crippen molar-refractivity contribution in [2.75, 3.05) is 0 Å². The molecule has 0 aromatic heterocycles. The van der Waals surface area contributed by atoms with Crippen molar-refractivity contribution in [2.45, 2.75) is 52.3 Å². The fourth-order valence-corrected chi connectivity index (χ4v) is 1.58. The highest BCUT2D eigenvalue weighted by Crippen LogP contribution is 2.22. The van der Waals surface area contributed by atoms with Crippen molar-refractivity contribution < 1.29 is 0 Å². The zero-order valence-electron chi connectivity index (χ0n) is 10.9. The van der Waals surface area contributed by atoms with Gasteiger partial charge in [-0.3, -0.25) is 0 Å². The molecule has 0 aliphatic heterocycles. The van der Waals surface area contributed by atoms with Crippen molar-refractivity contribution in [3.05, 3.63) is 29.8 Å². The van der Waals surface area contributed by atoms with Crippen LogP contribution in [0.15, 0.2) is 24.3 Å². The molecule has 1 aromatic rings. The zero-order chi connectivity index (χ0) is 11.7. The maximum absolute atomic E-state index is 2.30. The molecule has 0 fully saturated rings. The van der Waals surface area contributed by atoms with Gasteiger partial charge in [-0.2, -0.15) is 0 Å². The van der Waals surface area contributed by atoms with Gasteiger partial charge >= 0.3 is 0 Å². The van der Waals surface area contributed by atoms with Gasteiger partial charge in [0.25, 0.3) is 0 Å². The largest absolute Gasteiger partial charge is 0.157 e. The molecule has 15 heavy (non-hydrogen) atoms. The third kappa shape index (κ3) is 4.11. The van der Waals surface area contributed by atoms with Crippen molar-refractivity contribution in [3.63, 3.8) is 0 Å². The van der Waals surface area contributed by atoms with Crippen LogP contribution in [0.1, 0.15) is 47.1 Å². The first-order valence-electron chi connectivity index (χ1n) is 5.65. The standard InChI is InChI=1S/C14H22B/c1-13(2,3)11-7-9-12(10-8-11)15-14(4,5)6/h7-10H,1-6H3. The molecule has 0 saturated carbocycles. The van der Waals surface area contributed by atoms with E-state index in [0.29, 0.717) is 0 Å². The Morgan fingerprint density at radius 3 is 1.60 bits per heavy atom. The SMILES string of the molecule is CC(C)(C)[B]c1ccc(C(C)(C)C)cc1. The van der Waals surface area contributed by atoms with Crippen molar-refractivity contribution in [1.82, 2.24) is 0 Å². The second-order valence-electron chi connectivity index (χ2n) is 6.38. The monoisotopic (exact) mass is 201 g/mol. The van der Waals surface area contributed by atoms with Gasteiger partial charge in [0.15, 0.2) is 7.28 Å². The van der Waals surface area contributed by atoms with Gasteiger partial charge in [0.2, 0.25) is 0 Å². The van der Waals surface area contributed by atoms with Gasteiger partial charge in [-0.05, 0) is 11.0 Å². The van der Waals surface area contributed by atoms with E-state index < -0.39 is 0 Å². The molecule has 0 aliphatic carbocycles. The Hall–Kier alpha value is -0.715. The van der Waals surface area contributed by atoms with Gasteiger partial charge in [0, 0.05) is 0 Å². The third-order valence-electron chi connectivity index (χ3n) is 2.38. The van der Waals surface area contributed by atoms with E-state index in [1.807, 2.05) is 0 Å². The number of rotatable bonds is 1. The minimum atomic E-state index is 0.250. The average Bonchev–Trinajstić information content (AvgIpc) is 2.00. The van der Waals surface area contributed by atoms with Crippen LogP contribution in [0.3, 0.4) is 0 Å². The van der Waals surface area contributed by atoms with E-state index in [4.69, 9.17) is 0 Å². The predicted octanol–water partition coefficient (Wildman–Crippen LogP) is 3.53. The molecule has 0 bridgehead atoms. The lowest BCUT2D eigenvalue weighted by Crippen LogP contribution is -2.23. The minimum absolute atomic E-state index is 0.250. The summed E-state index contributed by atoms with van der Waals surface area (Å²) in [4.78, 5) is 0. The molecule has 0 heterocycles. The lowest BCUT2D eigenvalue weighted by Gasteiger charge is -2.21. The summed E-state index contributed by atoms with van der Waals surface area (Å²) in [7, 11) is 2.30. The van der Waals surface area contributed by atoms with Crippen molar-refractivity contribution in [1.29, 1.82) is 0 Å². The van der Waals surface area contributed by atoms with Crippen LogP contribution in [0, 0.1) is 0 Å². The van der Waals surface area contributed by atoms with Gasteiger partial charge < -0.3 is 0 Å². The van der Waals surface area contributed by atoms with Crippen LogP contribution in [0.2, 0.25) is 5.31 Å². The Morgan fingerprint density at radius 2 is 1.27 bits per heavy atom.